The Balaban J connectivity index is 1.49. The van der Waals surface area contributed by atoms with Gasteiger partial charge in [0.15, 0.2) is 0 Å². The predicted octanol–water partition coefficient (Wildman–Crippen LogP) is 4.50. The molecule has 0 spiro atoms. The predicted molar refractivity (Wildman–Crippen MR) is 112 cm³/mol. The molecule has 0 saturated heterocycles. The standard InChI is InChI=1S/C22H13BrN4O2/c23-15-7-5-14(6-8-15)20-13-24-25-27(20)17-11-9-16(10-12-17)26-21(28)18-3-1-2-4-19(18)22(26)29/h1-13H. The van der Waals surface area contributed by atoms with E-state index in [0.717, 1.165) is 21.4 Å². The molecule has 6 nitrogen and oxygen atoms in total. The van der Waals surface area contributed by atoms with Gasteiger partial charge in [0.2, 0.25) is 0 Å². The lowest BCUT2D eigenvalue weighted by Crippen LogP contribution is -2.29. The lowest BCUT2D eigenvalue weighted by atomic mass is 10.1. The number of anilines is 1. The Kier molecular flexibility index (Phi) is 4.10. The lowest BCUT2D eigenvalue weighted by Gasteiger charge is -2.14. The van der Waals surface area contributed by atoms with E-state index in [2.05, 4.69) is 26.2 Å². The molecule has 2 heterocycles. The molecule has 0 radical (unpaired) electrons. The number of benzene rings is 3. The number of aromatic nitrogens is 3. The van der Waals surface area contributed by atoms with Crippen molar-refractivity contribution >= 4 is 33.4 Å². The zero-order chi connectivity index (χ0) is 20.0. The fourth-order valence-corrected chi connectivity index (χ4v) is 3.67. The molecule has 0 saturated carbocycles. The van der Waals surface area contributed by atoms with E-state index >= 15 is 0 Å². The number of nitrogens with zero attached hydrogens (tertiary/aromatic N) is 4. The zero-order valence-corrected chi connectivity index (χ0v) is 16.6. The number of hydrogen-bond donors (Lipinski definition) is 0. The fraction of sp³-hybridized carbons (Fsp3) is 0. The van der Waals surface area contributed by atoms with Crippen LogP contribution < -0.4 is 4.90 Å². The van der Waals surface area contributed by atoms with Gasteiger partial charge < -0.3 is 0 Å². The third kappa shape index (κ3) is 2.87. The van der Waals surface area contributed by atoms with Crippen molar-refractivity contribution in [1.82, 2.24) is 15.0 Å². The van der Waals surface area contributed by atoms with Crippen LogP contribution in [0.2, 0.25) is 0 Å². The van der Waals surface area contributed by atoms with Crippen LogP contribution in [-0.2, 0) is 0 Å². The van der Waals surface area contributed by atoms with Gasteiger partial charge in [-0.1, -0.05) is 45.4 Å². The third-order valence-electron chi connectivity index (χ3n) is 4.84. The molecule has 0 fully saturated rings. The highest BCUT2D eigenvalue weighted by Gasteiger charge is 2.36. The van der Waals surface area contributed by atoms with Crippen LogP contribution in [-0.4, -0.2) is 26.8 Å². The molecule has 7 heteroatoms. The number of amides is 2. The number of carbonyl (C=O) groups is 2. The van der Waals surface area contributed by atoms with E-state index in [1.807, 2.05) is 36.4 Å². The number of rotatable bonds is 3. The summed E-state index contributed by atoms with van der Waals surface area (Å²) in [5.41, 5.74) is 3.96. The first-order chi connectivity index (χ1) is 14.1. The maximum Gasteiger partial charge on any atom is 0.266 e. The second kappa shape index (κ2) is 6.79. The second-order valence-corrected chi connectivity index (χ2v) is 7.46. The van der Waals surface area contributed by atoms with Crippen molar-refractivity contribution in [3.05, 3.63) is 94.6 Å². The van der Waals surface area contributed by atoms with Gasteiger partial charge in [0.25, 0.3) is 11.8 Å². The largest absolute Gasteiger partial charge is 0.268 e. The molecular weight excluding hydrogens is 432 g/mol. The summed E-state index contributed by atoms with van der Waals surface area (Å²) in [4.78, 5) is 26.5. The molecule has 3 aromatic carbocycles. The summed E-state index contributed by atoms with van der Waals surface area (Å²) in [5, 5.41) is 8.21. The van der Waals surface area contributed by atoms with Gasteiger partial charge >= 0.3 is 0 Å². The smallest absolute Gasteiger partial charge is 0.266 e. The van der Waals surface area contributed by atoms with E-state index in [1.54, 1.807) is 47.3 Å². The minimum Gasteiger partial charge on any atom is -0.268 e. The van der Waals surface area contributed by atoms with Crippen molar-refractivity contribution < 1.29 is 9.59 Å². The number of imide groups is 1. The van der Waals surface area contributed by atoms with Gasteiger partial charge in [0.05, 0.1) is 34.4 Å². The average molecular weight is 445 g/mol. The van der Waals surface area contributed by atoms with Crippen LogP contribution >= 0.6 is 15.9 Å². The van der Waals surface area contributed by atoms with Crippen molar-refractivity contribution in [1.29, 1.82) is 0 Å². The SMILES string of the molecule is O=C1c2ccccc2C(=O)N1c1ccc(-n2nncc2-c2ccc(Br)cc2)cc1. The Hall–Kier alpha value is -3.58. The first kappa shape index (κ1) is 17.5. The third-order valence-corrected chi connectivity index (χ3v) is 5.36. The van der Waals surface area contributed by atoms with Gasteiger partial charge in [0, 0.05) is 10.0 Å². The molecule has 5 rings (SSSR count). The normalized spacial score (nSPS) is 13.1. The lowest BCUT2D eigenvalue weighted by molar-refractivity contribution is 0.0926. The summed E-state index contributed by atoms with van der Waals surface area (Å²) in [7, 11) is 0. The first-order valence-corrected chi connectivity index (χ1v) is 9.68. The summed E-state index contributed by atoms with van der Waals surface area (Å²) in [6.45, 7) is 0. The number of hydrogen-bond acceptors (Lipinski definition) is 4. The Labute approximate surface area is 174 Å². The molecule has 0 N–H and O–H groups in total. The van der Waals surface area contributed by atoms with Gasteiger partial charge in [-0.15, -0.1) is 5.10 Å². The number of carbonyl (C=O) groups excluding carboxylic acids is 2. The molecule has 0 atom stereocenters. The molecule has 140 valence electrons. The van der Waals surface area contributed by atoms with Crippen molar-refractivity contribution in [3.8, 4) is 16.9 Å². The molecule has 0 aliphatic carbocycles. The van der Waals surface area contributed by atoms with Crippen LogP contribution in [0.25, 0.3) is 16.9 Å². The maximum absolute atomic E-state index is 12.7. The zero-order valence-electron chi connectivity index (χ0n) is 15.0. The highest BCUT2D eigenvalue weighted by atomic mass is 79.9. The van der Waals surface area contributed by atoms with Gasteiger partial charge in [-0.05, 0) is 48.5 Å². The quantitative estimate of drug-likeness (QED) is 0.436. The number of fused-ring (bicyclic) bond motifs is 1. The van der Waals surface area contributed by atoms with E-state index in [4.69, 9.17) is 0 Å². The summed E-state index contributed by atoms with van der Waals surface area (Å²) >= 11 is 3.44. The fourth-order valence-electron chi connectivity index (χ4n) is 3.41. The van der Waals surface area contributed by atoms with Crippen LogP contribution in [0.3, 0.4) is 0 Å². The summed E-state index contributed by atoms with van der Waals surface area (Å²) in [6, 6.07) is 21.8. The Morgan fingerprint density at radius 1 is 0.724 bits per heavy atom. The molecular formula is C22H13BrN4O2. The summed E-state index contributed by atoms with van der Waals surface area (Å²) in [6.07, 6.45) is 1.70. The molecule has 1 aromatic heterocycles. The Morgan fingerprint density at radius 2 is 1.31 bits per heavy atom. The highest BCUT2D eigenvalue weighted by molar-refractivity contribution is 9.10. The Bertz CT molecular complexity index is 1210. The Morgan fingerprint density at radius 3 is 1.93 bits per heavy atom. The first-order valence-electron chi connectivity index (χ1n) is 8.88. The van der Waals surface area contributed by atoms with E-state index in [0.29, 0.717) is 16.8 Å². The summed E-state index contributed by atoms with van der Waals surface area (Å²) in [5.74, 6) is -0.621. The van der Waals surface area contributed by atoms with E-state index < -0.39 is 0 Å². The van der Waals surface area contributed by atoms with Crippen molar-refractivity contribution in [2.45, 2.75) is 0 Å². The van der Waals surface area contributed by atoms with Crippen LogP contribution in [0.5, 0.6) is 0 Å². The maximum atomic E-state index is 12.7. The van der Waals surface area contributed by atoms with Crippen LogP contribution in [0.1, 0.15) is 20.7 Å². The number of halogens is 1. The van der Waals surface area contributed by atoms with Gasteiger partial charge in [-0.2, -0.15) is 0 Å². The van der Waals surface area contributed by atoms with Crippen molar-refractivity contribution in [3.63, 3.8) is 0 Å². The van der Waals surface area contributed by atoms with E-state index in [-0.39, 0.29) is 11.8 Å². The topological polar surface area (TPSA) is 68.1 Å². The molecule has 0 bridgehead atoms. The second-order valence-electron chi connectivity index (χ2n) is 6.55. The minimum absolute atomic E-state index is 0.311. The van der Waals surface area contributed by atoms with Crippen molar-refractivity contribution in [2.24, 2.45) is 0 Å². The van der Waals surface area contributed by atoms with Gasteiger partial charge in [-0.25, -0.2) is 9.58 Å². The molecule has 1 aliphatic heterocycles. The molecule has 29 heavy (non-hydrogen) atoms. The molecule has 0 unspecified atom stereocenters. The van der Waals surface area contributed by atoms with Crippen LogP contribution in [0.15, 0.2) is 83.5 Å². The highest BCUT2D eigenvalue weighted by Crippen LogP contribution is 2.29. The van der Waals surface area contributed by atoms with E-state index in [9.17, 15) is 9.59 Å². The van der Waals surface area contributed by atoms with E-state index in [1.165, 1.54) is 4.90 Å². The molecule has 2 amide bonds. The monoisotopic (exact) mass is 444 g/mol. The van der Waals surface area contributed by atoms with Crippen LogP contribution in [0.4, 0.5) is 5.69 Å². The average Bonchev–Trinajstić information content (AvgIpc) is 3.33. The molecule has 4 aromatic rings. The van der Waals surface area contributed by atoms with Gasteiger partial charge in [-0.3, -0.25) is 9.59 Å². The summed E-state index contributed by atoms with van der Waals surface area (Å²) < 4.78 is 2.71. The van der Waals surface area contributed by atoms with Crippen molar-refractivity contribution in [2.75, 3.05) is 4.90 Å². The molecule has 1 aliphatic rings. The van der Waals surface area contributed by atoms with Crippen LogP contribution in [0, 0.1) is 0 Å². The van der Waals surface area contributed by atoms with Gasteiger partial charge in [0.1, 0.15) is 0 Å². The minimum atomic E-state index is -0.311.